The molecule has 3 aliphatic rings. The highest BCUT2D eigenvalue weighted by Crippen LogP contribution is 2.37. The lowest BCUT2D eigenvalue weighted by molar-refractivity contribution is 0.0517. The lowest BCUT2D eigenvalue weighted by atomic mass is 9.75. The monoisotopic (exact) mass is 479 g/mol. The molecule has 34 heavy (non-hydrogen) atoms. The number of likely N-dealkylation sites (tertiary alicyclic amines) is 2. The van der Waals surface area contributed by atoms with Crippen molar-refractivity contribution in [2.24, 2.45) is 11.8 Å². The molecule has 5 rings (SSSR count). The molecule has 1 aliphatic carbocycles. The van der Waals surface area contributed by atoms with Crippen LogP contribution >= 0.6 is 11.6 Å². The summed E-state index contributed by atoms with van der Waals surface area (Å²) in [7, 11) is 0. The van der Waals surface area contributed by atoms with Gasteiger partial charge in [-0.3, -0.25) is 14.6 Å². The van der Waals surface area contributed by atoms with Crippen LogP contribution in [0.25, 0.3) is 0 Å². The van der Waals surface area contributed by atoms with Crippen LogP contribution in [0.4, 0.5) is 0 Å². The molecule has 2 atom stereocenters. The third kappa shape index (κ3) is 4.86. The second kappa shape index (κ2) is 10.1. The summed E-state index contributed by atoms with van der Waals surface area (Å²) in [6, 6.07) is 11.1. The first kappa shape index (κ1) is 23.3. The summed E-state index contributed by atoms with van der Waals surface area (Å²) in [5, 5.41) is 0.574. The van der Waals surface area contributed by atoms with Gasteiger partial charge in [-0.2, -0.15) is 0 Å². The largest absolute Gasteiger partial charge is 0.339 e. The molecule has 0 radical (unpaired) electrons. The van der Waals surface area contributed by atoms with Crippen molar-refractivity contribution in [3.63, 3.8) is 0 Å². The zero-order chi connectivity index (χ0) is 23.7. The molecular formula is C28H34ClN3O2. The maximum Gasteiger partial charge on any atom is 0.255 e. The predicted octanol–water partition coefficient (Wildman–Crippen LogP) is 5.72. The second-order valence-electron chi connectivity index (χ2n) is 10.3. The molecule has 6 heteroatoms. The summed E-state index contributed by atoms with van der Waals surface area (Å²) >= 11 is 6.08. The van der Waals surface area contributed by atoms with Gasteiger partial charge in [0.05, 0.1) is 11.3 Å². The van der Waals surface area contributed by atoms with Crippen molar-refractivity contribution in [2.75, 3.05) is 26.2 Å². The number of aromatic nitrogens is 1. The Morgan fingerprint density at radius 1 is 0.882 bits per heavy atom. The van der Waals surface area contributed by atoms with E-state index in [0.717, 1.165) is 55.2 Å². The summed E-state index contributed by atoms with van der Waals surface area (Å²) in [6.45, 7) is 5.06. The van der Waals surface area contributed by atoms with Gasteiger partial charge in [-0.15, -0.1) is 0 Å². The Kier molecular flexibility index (Phi) is 6.91. The number of pyridine rings is 1. The summed E-state index contributed by atoms with van der Waals surface area (Å²) in [5.74, 6) is 1.81. The molecule has 1 aromatic heterocycles. The fraction of sp³-hybridized carbons (Fsp3) is 0.536. The highest BCUT2D eigenvalue weighted by atomic mass is 35.5. The number of piperidine rings is 2. The van der Waals surface area contributed by atoms with Crippen molar-refractivity contribution in [3.05, 3.63) is 63.9 Å². The number of hydrogen-bond acceptors (Lipinski definition) is 3. The number of carbonyl (C=O) groups excluding carboxylic acids is 2. The van der Waals surface area contributed by atoms with Crippen molar-refractivity contribution in [2.45, 2.75) is 57.8 Å². The number of nitrogens with zero attached hydrogens (tertiary/aromatic N) is 3. The van der Waals surface area contributed by atoms with Crippen LogP contribution in [0.2, 0.25) is 5.02 Å². The van der Waals surface area contributed by atoms with Crippen molar-refractivity contribution in [1.82, 2.24) is 14.8 Å². The van der Waals surface area contributed by atoms with Crippen LogP contribution in [-0.2, 0) is 0 Å². The van der Waals surface area contributed by atoms with E-state index in [-0.39, 0.29) is 17.7 Å². The van der Waals surface area contributed by atoms with Crippen LogP contribution in [0, 0.1) is 18.8 Å². The highest BCUT2D eigenvalue weighted by molar-refractivity contribution is 6.30. The molecule has 1 aromatic carbocycles. The van der Waals surface area contributed by atoms with Gasteiger partial charge in [0.1, 0.15) is 0 Å². The lowest BCUT2D eigenvalue weighted by Crippen LogP contribution is -2.45. The molecule has 0 bridgehead atoms. The van der Waals surface area contributed by atoms with Gasteiger partial charge in [-0.05, 0) is 74.8 Å². The summed E-state index contributed by atoms with van der Waals surface area (Å²) in [4.78, 5) is 35.4. The number of aryl methyl sites for hydroxylation is 1. The average Bonchev–Trinajstić information content (AvgIpc) is 2.87. The molecule has 0 spiro atoms. The van der Waals surface area contributed by atoms with Gasteiger partial charge in [0.25, 0.3) is 11.8 Å². The first-order chi connectivity index (χ1) is 16.5. The van der Waals surface area contributed by atoms with Gasteiger partial charge in [0.2, 0.25) is 0 Å². The number of halogens is 1. The molecule has 3 heterocycles. The van der Waals surface area contributed by atoms with E-state index in [1.165, 1.54) is 25.7 Å². The van der Waals surface area contributed by atoms with E-state index in [9.17, 15) is 9.59 Å². The van der Waals surface area contributed by atoms with E-state index in [2.05, 4.69) is 4.90 Å². The van der Waals surface area contributed by atoms with Gasteiger partial charge >= 0.3 is 0 Å². The molecule has 3 fully saturated rings. The van der Waals surface area contributed by atoms with E-state index in [1.54, 1.807) is 12.1 Å². The maximum absolute atomic E-state index is 13.6. The molecule has 2 unspecified atom stereocenters. The molecule has 5 nitrogen and oxygen atoms in total. The van der Waals surface area contributed by atoms with Gasteiger partial charge < -0.3 is 9.80 Å². The van der Waals surface area contributed by atoms with Crippen molar-refractivity contribution < 1.29 is 9.59 Å². The van der Waals surface area contributed by atoms with Gasteiger partial charge in [-0.1, -0.05) is 36.9 Å². The van der Waals surface area contributed by atoms with Gasteiger partial charge in [-0.25, -0.2) is 0 Å². The van der Waals surface area contributed by atoms with E-state index in [1.807, 2.05) is 36.1 Å². The quantitative estimate of drug-likeness (QED) is 0.566. The number of benzene rings is 1. The van der Waals surface area contributed by atoms with E-state index >= 15 is 0 Å². The van der Waals surface area contributed by atoms with Gasteiger partial charge in [0.15, 0.2) is 0 Å². The second-order valence-corrected chi connectivity index (χ2v) is 10.7. The molecule has 1 saturated carbocycles. The Morgan fingerprint density at radius 2 is 1.62 bits per heavy atom. The summed E-state index contributed by atoms with van der Waals surface area (Å²) < 4.78 is 0. The van der Waals surface area contributed by atoms with Crippen molar-refractivity contribution >= 4 is 23.4 Å². The Bertz CT molecular complexity index is 1060. The number of hydrogen-bond donors (Lipinski definition) is 0. The molecule has 2 amide bonds. The van der Waals surface area contributed by atoms with Crippen LogP contribution in [-0.4, -0.2) is 52.8 Å². The fourth-order valence-corrected chi connectivity index (χ4v) is 6.37. The lowest BCUT2D eigenvalue weighted by Gasteiger charge is -2.41. The number of carbonyl (C=O) groups is 2. The zero-order valence-electron chi connectivity index (χ0n) is 20.0. The van der Waals surface area contributed by atoms with E-state index < -0.39 is 0 Å². The highest BCUT2D eigenvalue weighted by Gasteiger charge is 2.35. The smallest absolute Gasteiger partial charge is 0.255 e. The molecule has 2 aliphatic heterocycles. The summed E-state index contributed by atoms with van der Waals surface area (Å²) in [5.41, 5.74) is 3.25. The Labute approximate surface area is 207 Å². The van der Waals surface area contributed by atoms with Crippen LogP contribution in [0.3, 0.4) is 0 Å². The number of fused-ring (bicyclic) bond motifs is 1. The summed E-state index contributed by atoms with van der Waals surface area (Å²) in [6.07, 6.45) is 7.99. The Balaban J connectivity index is 1.29. The van der Waals surface area contributed by atoms with Crippen LogP contribution < -0.4 is 0 Å². The minimum Gasteiger partial charge on any atom is -0.339 e. The minimum absolute atomic E-state index is 0.0183. The number of rotatable bonds is 3. The average molecular weight is 480 g/mol. The fourth-order valence-electron chi connectivity index (χ4n) is 6.18. The zero-order valence-corrected chi connectivity index (χ0v) is 20.8. The molecule has 180 valence electrons. The maximum atomic E-state index is 13.6. The molecular weight excluding hydrogens is 446 g/mol. The SMILES string of the molecule is Cc1ccc(C(=O)N2CCC3CCCCC3C2)c(C2CCN(C(=O)c3cccc(Cl)c3)CC2)n1. The third-order valence-electron chi connectivity index (χ3n) is 8.11. The Morgan fingerprint density at radius 3 is 2.38 bits per heavy atom. The van der Waals surface area contributed by atoms with Gasteiger partial charge in [0, 0.05) is 48.4 Å². The molecule has 0 N–H and O–H groups in total. The minimum atomic E-state index is 0.0183. The van der Waals surface area contributed by atoms with Crippen LogP contribution in [0.5, 0.6) is 0 Å². The Hall–Kier alpha value is -2.40. The first-order valence-electron chi connectivity index (χ1n) is 12.8. The predicted molar refractivity (Wildman–Crippen MR) is 134 cm³/mol. The van der Waals surface area contributed by atoms with Crippen LogP contribution in [0.15, 0.2) is 36.4 Å². The van der Waals surface area contributed by atoms with E-state index in [4.69, 9.17) is 16.6 Å². The third-order valence-corrected chi connectivity index (χ3v) is 8.35. The standard InChI is InChI=1S/C28H34ClN3O2/c1-19-9-10-25(28(34)32-16-11-20-5-2-3-6-23(20)18-32)26(30-19)21-12-14-31(15-13-21)27(33)22-7-4-8-24(29)17-22/h4,7-10,17,20-21,23H,2-3,5-6,11-16,18H2,1H3. The normalized spacial score (nSPS) is 23.5. The topological polar surface area (TPSA) is 53.5 Å². The number of amides is 2. The first-order valence-corrected chi connectivity index (χ1v) is 13.2. The van der Waals surface area contributed by atoms with Crippen molar-refractivity contribution in [3.8, 4) is 0 Å². The van der Waals surface area contributed by atoms with Crippen LogP contribution in [0.1, 0.15) is 83.0 Å². The molecule has 2 aromatic rings. The van der Waals surface area contributed by atoms with E-state index in [0.29, 0.717) is 29.6 Å². The molecule has 2 saturated heterocycles. The van der Waals surface area contributed by atoms with Crippen molar-refractivity contribution in [1.29, 1.82) is 0 Å².